The van der Waals surface area contributed by atoms with Crippen LogP contribution in [0.25, 0.3) is 0 Å². The lowest BCUT2D eigenvalue weighted by atomic mass is 10.0. The Labute approximate surface area is 128 Å². The first kappa shape index (κ1) is 15.1. The molecule has 6 heteroatoms. The number of nitrogens with one attached hydrogen (secondary N) is 1. The largest absolute Gasteiger partial charge is 0.493 e. The van der Waals surface area contributed by atoms with Gasteiger partial charge < -0.3 is 15.8 Å². The molecule has 2 aliphatic rings. The van der Waals surface area contributed by atoms with E-state index in [-0.39, 0.29) is 24.8 Å². The van der Waals surface area contributed by atoms with Crippen LogP contribution in [-0.2, 0) is 0 Å². The van der Waals surface area contributed by atoms with E-state index < -0.39 is 5.92 Å². The molecule has 3 N–H and O–H groups in total. The normalized spacial score (nSPS) is 27.1. The van der Waals surface area contributed by atoms with Gasteiger partial charge >= 0.3 is 0 Å². The third kappa shape index (κ3) is 3.48. The van der Waals surface area contributed by atoms with Crippen LogP contribution in [0.5, 0.6) is 5.75 Å². The number of guanidine groups is 1. The Kier molecular flexibility index (Phi) is 4.18. The van der Waals surface area contributed by atoms with Gasteiger partial charge in [0.05, 0.1) is 12.6 Å². The summed E-state index contributed by atoms with van der Waals surface area (Å²) in [5.74, 6) is -1.43. The zero-order chi connectivity index (χ0) is 15.6. The van der Waals surface area contributed by atoms with Crippen LogP contribution in [0.3, 0.4) is 0 Å². The van der Waals surface area contributed by atoms with E-state index in [1.54, 1.807) is 0 Å². The average molecular weight is 309 g/mol. The summed E-state index contributed by atoms with van der Waals surface area (Å²) in [6.07, 6.45) is 1.20. The Morgan fingerprint density at radius 2 is 2.18 bits per heavy atom. The van der Waals surface area contributed by atoms with Gasteiger partial charge in [-0.1, -0.05) is 18.2 Å². The number of rotatable bonds is 3. The highest BCUT2D eigenvalue weighted by Gasteiger charge is 2.39. The number of ether oxygens (including phenoxy) is 1. The molecule has 0 saturated heterocycles. The van der Waals surface area contributed by atoms with Crippen molar-refractivity contribution in [1.82, 2.24) is 5.32 Å². The lowest BCUT2D eigenvalue weighted by molar-refractivity contribution is 0.00542. The van der Waals surface area contributed by atoms with Crippen molar-refractivity contribution in [1.29, 1.82) is 0 Å². The topological polar surface area (TPSA) is 59.6 Å². The quantitative estimate of drug-likeness (QED) is 0.667. The van der Waals surface area contributed by atoms with Gasteiger partial charge in [0.25, 0.3) is 0 Å². The minimum Gasteiger partial charge on any atom is -0.493 e. The second kappa shape index (κ2) is 6.10. The van der Waals surface area contributed by atoms with Crippen LogP contribution in [0.2, 0.25) is 0 Å². The second-order valence-corrected chi connectivity index (χ2v) is 6.06. The molecule has 120 valence electrons. The summed E-state index contributed by atoms with van der Waals surface area (Å²) in [5.41, 5.74) is 6.97. The molecule has 22 heavy (non-hydrogen) atoms. The van der Waals surface area contributed by atoms with Crippen molar-refractivity contribution >= 4 is 5.96 Å². The van der Waals surface area contributed by atoms with Gasteiger partial charge in [-0.15, -0.1) is 0 Å². The number of para-hydroxylation sites is 1. The Bertz CT molecular complexity index is 562. The minimum absolute atomic E-state index is 0.0339. The van der Waals surface area contributed by atoms with Crippen LogP contribution in [0, 0.1) is 5.92 Å². The van der Waals surface area contributed by atoms with Crippen LogP contribution >= 0.6 is 0 Å². The van der Waals surface area contributed by atoms with Crippen LogP contribution in [-0.4, -0.2) is 25.0 Å². The zero-order valence-electron chi connectivity index (χ0n) is 12.4. The number of hydrogen-bond donors (Lipinski definition) is 2. The predicted octanol–water partition coefficient (Wildman–Crippen LogP) is 2.85. The molecule has 4 nitrogen and oxygen atoms in total. The number of aliphatic imine (C=N–C) groups is 1. The van der Waals surface area contributed by atoms with E-state index in [1.165, 1.54) is 0 Å². The molecule has 0 spiro atoms. The van der Waals surface area contributed by atoms with Crippen molar-refractivity contribution in [2.45, 2.75) is 37.6 Å². The average Bonchev–Trinajstić information content (AvgIpc) is 2.85. The van der Waals surface area contributed by atoms with Gasteiger partial charge in [-0.2, -0.15) is 0 Å². The van der Waals surface area contributed by atoms with Crippen molar-refractivity contribution in [2.24, 2.45) is 16.6 Å². The molecule has 1 heterocycles. The summed E-state index contributed by atoms with van der Waals surface area (Å²) < 4.78 is 31.9. The number of benzene rings is 1. The monoisotopic (exact) mass is 309 g/mol. The molecular weight excluding hydrogens is 288 g/mol. The summed E-state index contributed by atoms with van der Waals surface area (Å²) in [4.78, 5) is 4.25. The standard InChI is InChI=1S/C16H21F2N3O/c17-16(18)7-5-11(9-16)10-20-15(19)21-13-6-8-22-14-4-2-1-3-12(13)14/h1-4,11,13H,5-10H2,(H3,19,20,21). The van der Waals surface area contributed by atoms with Crippen molar-refractivity contribution < 1.29 is 13.5 Å². The Hall–Kier alpha value is -1.85. The molecular formula is C16H21F2N3O. The van der Waals surface area contributed by atoms with E-state index in [1.807, 2.05) is 24.3 Å². The predicted molar refractivity (Wildman–Crippen MR) is 81.2 cm³/mol. The Morgan fingerprint density at radius 3 is 2.95 bits per heavy atom. The van der Waals surface area contributed by atoms with Crippen molar-refractivity contribution in [3.05, 3.63) is 29.8 Å². The van der Waals surface area contributed by atoms with E-state index in [0.717, 1.165) is 17.7 Å². The van der Waals surface area contributed by atoms with E-state index in [0.29, 0.717) is 25.5 Å². The first-order valence-electron chi connectivity index (χ1n) is 7.69. The molecule has 1 aromatic rings. The zero-order valence-corrected chi connectivity index (χ0v) is 12.4. The number of nitrogens with two attached hydrogens (primary N) is 1. The first-order valence-corrected chi connectivity index (χ1v) is 7.69. The van der Waals surface area contributed by atoms with E-state index in [2.05, 4.69) is 10.3 Å². The number of halogens is 2. The summed E-state index contributed by atoms with van der Waals surface area (Å²) in [7, 11) is 0. The summed E-state index contributed by atoms with van der Waals surface area (Å²) in [5, 5.41) is 3.18. The second-order valence-electron chi connectivity index (χ2n) is 6.06. The van der Waals surface area contributed by atoms with Crippen molar-refractivity contribution in [3.8, 4) is 5.75 Å². The maximum Gasteiger partial charge on any atom is 0.248 e. The SMILES string of the molecule is NC(=NCC1CCC(F)(F)C1)NC1CCOc2ccccc21. The van der Waals surface area contributed by atoms with Gasteiger partial charge in [0.15, 0.2) is 5.96 Å². The third-order valence-corrected chi connectivity index (χ3v) is 4.31. The number of hydrogen-bond acceptors (Lipinski definition) is 2. The summed E-state index contributed by atoms with van der Waals surface area (Å²) in [6, 6.07) is 7.86. The molecule has 1 aromatic carbocycles. The minimum atomic E-state index is -2.53. The van der Waals surface area contributed by atoms with Crippen molar-refractivity contribution in [3.63, 3.8) is 0 Å². The molecule has 2 atom stereocenters. The molecule has 0 aromatic heterocycles. The van der Waals surface area contributed by atoms with Crippen LogP contribution in [0.4, 0.5) is 8.78 Å². The highest BCUT2D eigenvalue weighted by atomic mass is 19.3. The number of fused-ring (bicyclic) bond motifs is 1. The Morgan fingerprint density at radius 1 is 1.36 bits per heavy atom. The fraction of sp³-hybridized carbons (Fsp3) is 0.562. The van der Waals surface area contributed by atoms with Gasteiger partial charge in [0, 0.05) is 31.4 Å². The molecule has 0 bridgehead atoms. The maximum atomic E-state index is 13.1. The highest BCUT2D eigenvalue weighted by molar-refractivity contribution is 5.78. The molecule has 1 saturated carbocycles. The molecule has 1 aliphatic heterocycles. The van der Waals surface area contributed by atoms with E-state index in [9.17, 15) is 8.78 Å². The van der Waals surface area contributed by atoms with Gasteiger partial charge in [-0.25, -0.2) is 8.78 Å². The summed E-state index contributed by atoms with van der Waals surface area (Å²) >= 11 is 0. The van der Waals surface area contributed by atoms with E-state index >= 15 is 0 Å². The fourth-order valence-electron chi connectivity index (χ4n) is 3.14. The molecule has 1 fully saturated rings. The summed E-state index contributed by atoms with van der Waals surface area (Å²) in [6.45, 7) is 0.982. The maximum absolute atomic E-state index is 13.1. The lowest BCUT2D eigenvalue weighted by Crippen LogP contribution is -2.37. The van der Waals surface area contributed by atoms with Crippen LogP contribution in [0.15, 0.2) is 29.3 Å². The first-order chi connectivity index (χ1) is 10.5. The van der Waals surface area contributed by atoms with Gasteiger partial charge in [-0.3, -0.25) is 4.99 Å². The number of alkyl halides is 2. The third-order valence-electron chi connectivity index (χ3n) is 4.31. The molecule has 1 aliphatic carbocycles. The number of nitrogens with zero attached hydrogens (tertiary/aromatic N) is 1. The molecule has 0 radical (unpaired) electrons. The fourth-order valence-corrected chi connectivity index (χ4v) is 3.14. The van der Waals surface area contributed by atoms with Crippen LogP contribution in [0.1, 0.15) is 37.3 Å². The Balaban J connectivity index is 1.58. The van der Waals surface area contributed by atoms with Crippen molar-refractivity contribution in [2.75, 3.05) is 13.2 Å². The smallest absolute Gasteiger partial charge is 0.248 e. The van der Waals surface area contributed by atoms with E-state index in [4.69, 9.17) is 10.5 Å². The van der Waals surface area contributed by atoms with Crippen LogP contribution < -0.4 is 15.8 Å². The lowest BCUT2D eigenvalue weighted by Gasteiger charge is -2.27. The highest BCUT2D eigenvalue weighted by Crippen LogP contribution is 2.38. The molecule has 3 rings (SSSR count). The molecule has 0 amide bonds. The van der Waals surface area contributed by atoms with Gasteiger partial charge in [0.2, 0.25) is 5.92 Å². The van der Waals surface area contributed by atoms with Gasteiger partial charge in [-0.05, 0) is 18.4 Å². The van der Waals surface area contributed by atoms with Gasteiger partial charge in [0.1, 0.15) is 5.75 Å². The molecule has 2 unspecified atom stereocenters.